The number of halogens is 2. The number of carbonyl (C=O) groups is 1. The number of aromatic nitrogens is 4. The number of imidazole rings is 1. The Morgan fingerprint density at radius 1 is 1.12 bits per heavy atom. The molecule has 2 aliphatic rings. The molecule has 34 heavy (non-hydrogen) atoms. The van der Waals surface area contributed by atoms with Crippen LogP contribution in [0.3, 0.4) is 0 Å². The van der Waals surface area contributed by atoms with E-state index in [1.807, 2.05) is 4.57 Å². The number of anilines is 3. The minimum Gasteiger partial charge on any atom is -0.369 e. The molecule has 2 heterocycles. The topological polar surface area (TPSA) is 135 Å². The van der Waals surface area contributed by atoms with Gasteiger partial charge in [0.2, 0.25) is 17.8 Å². The van der Waals surface area contributed by atoms with Gasteiger partial charge in [0.15, 0.2) is 17.3 Å². The Kier molecular flexibility index (Phi) is 5.73. The number of rotatable bonds is 6. The number of nitrogens with one attached hydrogen (secondary N) is 2. The second kappa shape index (κ2) is 8.85. The quantitative estimate of drug-likeness (QED) is 0.501. The van der Waals surface area contributed by atoms with Crippen molar-refractivity contribution in [2.75, 3.05) is 10.6 Å². The fourth-order valence-electron chi connectivity index (χ4n) is 4.62. The van der Waals surface area contributed by atoms with E-state index in [2.05, 4.69) is 25.6 Å². The number of amides is 1. The second-order valence-electron chi connectivity index (χ2n) is 8.94. The molecule has 3 aromatic rings. The molecule has 176 valence electrons. The smallest absolute Gasteiger partial charge is 0.224 e. The molecule has 1 amide bonds. The molecule has 0 bridgehead atoms. The molecule has 5 rings (SSSR count). The van der Waals surface area contributed by atoms with Gasteiger partial charge < -0.3 is 16.4 Å². The van der Waals surface area contributed by atoms with Crippen molar-refractivity contribution < 1.29 is 13.6 Å². The maximum absolute atomic E-state index is 14.6. The summed E-state index contributed by atoms with van der Waals surface area (Å²) in [6.07, 6.45) is 7.36. The molecule has 2 fully saturated rings. The third-order valence-electron chi connectivity index (χ3n) is 6.74. The van der Waals surface area contributed by atoms with Crippen molar-refractivity contribution in [3.63, 3.8) is 0 Å². The average molecular weight is 466 g/mol. The van der Waals surface area contributed by atoms with Crippen molar-refractivity contribution in [2.24, 2.45) is 11.7 Å². The molecule has 0 spiro atoms. The fourth-order valence-corrected chi connectivity index (χ4v) is 4.62. The number of fused-ring (bicyclic) bond motifs is 1. The van der Waals surface area contributed by atoms with Crippen molar-refractivity contribution in [3.8, 4) is 6.07 Å². The van der Waals surface area contributed by atoms with Crippen LogP contribution in [-0.2, 0) is 4.79 Å². The van der Waals surface area contributed by atoms with Gasteiger partial charge in [-0.3, -0.25) is 9.36 Å². The van der Waals surface area contributed by atoms with Gasteiger partial charge in [-0.15, -0.1) is 0 Å². The highest BCUT2D eigenvalue weighted by Gasteiger charge is 2.30. The zero-order chi connectivity index (χ0) is 23.8. The summed E-state index contributed by atoms with van der Waals surface area (Å²) < 4.78 is 31.1. The van der Waals surface area contributed by atoms with Crippen LogP contribution in [0.15, 0.2) is 18.3 Å². The van der Waals surface area contributed by atoms with E-state index < -0.39 is 17.3 Å². The zero-order valence-corrected chi connectivity index (χ0v) is 18.4. The van der Waals surface area contributed by atoms with E-state index in [9.17, 15) is 13.6 Å². The van der Waals surface area contributed by atoms with Gasteiger partial charge in [-0.2, -0.15) is 10.2 Å². The van der Waals surface area contributed by atoms with Crippen molar-refractivity contribution in [1.82, 2.24) is 19.5 Å². The number of nitrogens with two attached hydrogens (primary N) is 1. The predicted octanol–water partition coefficient (Wildman–Crippen LogP) is 3.90. The number of hydrogen-bond donors (Lipinski definition) is 3. The lowest BCUT2D eigenvalue weighted by molar-refractivity contribution is -0.122. The average Bonchev–Trinajstić information content (AvgIpc) is 3.15. The summed E-state index contributed by atoms with van der Waals surface area (Å²) in [5.41, 5.74) is 5.99. The monoisotopic (exact) mass is 466 g/mol. The molecule has 11 heteroatoms. The fraction of sp³-hybridized carbons (Fsp3) is 0.435. The third-order valence-corrected chi connectivity index (χ3v) is 6.74. The molecule has 2 aliphatic carbocycles. The molecule has 9 nitrogen and oxygen atoms in total. The standard InChI is InChI=1S/C23H24F2N8O/c24-16-8-12(10-26)9-17(25)19(16)31-23-30-18-11-28-22(29-14-2-1-3-14)32-21(18)33(23)15-6-4-13(5-7-15)20(27)34/h8-9,11,13-15H,1-7H2,(H2,27,34)(H,30,31)(H,28,29,32)/t13-,15+. The summed E-state index contributed by atoms with van der Waals surface area (Å²) in [7, 11) is 0. The van der Waals surface area contributed by atoms with E-state index in [0.29, 0.717) is 48.8 Å². The highest BCUT2D eigenvalue weighted by Crippen LogP contribution is 2.37. The van der Waals surface area contributed by atoms with E-state index in [-0.39, 0.29) is 29.4 Å². The highest BCUT2D eigenvalue weighted by molar-refractivity contribution is 5.78. The van der Waals surface area contributed by atoms with Gasteiger partial charge in [-0.05, 0) is 57.1 Å². The maximum Gasteiger partial charge on any atom is 0.224 e. The normalized spacial score (nSPS) is 20.5. The number of benzene rings is 1. The summed E-state index contributed by atoms with van der Waals surface area (Å²) in [5, 5.41) is 15.1. The molecule has 4 N–H and O–H groups in total. The minimum atomic E-state index is -0.897. The highest BCUT2D eigenvalue weighted by atomic mass is 19.1. The third kappa shape index (κ3) is 4.11. The molecule has 0 atom stereocenters. The summed E-state index contributed by atoms with van der Waals surface area (Å²) in [5.74, 6) is -1.61. The van der Waals surface area contributed by atoms with E-state index in [1.165, 1.54) is 0 Å². The van der Waals surface area contributed by atoms with Gasteiger partial charge >= 0.3 is 0 Å². The first kappa shape index (κ1) is 22.0. The Bertz CT molecular complexity index is 1270. The van der Waals surface area contributed by atoms with Gasteiger partial charge in [0, 0.05) is 18.0 Å². The lowest BCUT2D eigenvalue weighted by atomic mass is 9.85. The molecular formula is C23H24F2N8O. The molecule has 0 radical (unpaired) electrons. The van der Waals surface area contributed by atoms with E-state index in [4.69, 9.17) is 11.0 Å². The molecule has 2 aromatic heterocycles. The largest absolute Gasteiger partial charge is 0.369 e. The van der Waals surface area contributed by atoms with Crippen LogP contribution in [0.5, 0.6) is 0 Å². The van der Waals surface area contributed by atoms with Crippen LogP contribution in [0.2, 0.25) is 0 Å². The minimum absolute atomic E-state index is 0.0981. The molecule has 2 saturated carbocycles. The lowest BCUT2D eigenvalue weighted by Gasteiger charge is -2.29. The first-order valence-electron chi connectivity index (χ1n) is 11.4. The van der Waals surface area contributed by atoms with Crippen LogP contribution < -0.4 is 16.4 Å². The van der Waals surface area contributed by atoms with Gasteiger partial charge in [-0.1, -0.05) is 0 Å². The van der Waals surface area contributed by atoms with Crippen molar-refractivity contribution in [1.29, 1.82) is 5.26 Å². The van der Waals surface area contributed by atoms with Crippen LogP contribution in [0.4, 0.5) is 26.4 Å². The van der Waals surface area contributed by atoms with Crippen LogP contribution in [0.25, 0.3) is 11.2 Å². The van der Waals surface area contributed by atoms with Crippen LogP contribution in [0, 0.1) is 28.9 Å². The van der Waals surface area contributed by atoms with Crippen LogP contribution >= 0.6 is 0 Å². The van der Waals surface area contributed by atoms with Crippen molar-refractivity contribution >= 4 is 34.7 Å². The lowest BCUT2D eigenvalue weighted by Crippen LogP contribution is -2.29. The Balaban J connectivity index is 1.54. The van der Waals surface area contributed by atoms with Crippen LogP contribution in [-0.4, -0.2) is 31.5 Å². The Hall–Kier alpha value is -3.81. The van der Waals surface area contributed by atoms with Gasteiger partial charge in [0.1, 0.15) is 11.2 Å². The molecule has 0 unspecified atom stereocenters. The van der Waals surface area contributed by atoms with Crippen LogP contribution in [0.1, 0.15) is 56.6 Å². The van der Waals surface area contributed by atoms with Gasteiger partial charge in [0.05, 0.1) is 17.8 Å². The summed E-state index contributed by atoms with van der Waals surface area (Å²) in [6, 6.07) is 3.91. The van der Waals surface area contributed by atoms with E-state index in [0.717, 1.165) is 31.4 Å². The summed E-state index contributed by atoms with van der Waals surface area (Å²) in [4.78, 5) is 25.2. The predicted molar refractivity (Wildman–Crippen MR) is 121 cm³/mol. The Morgan fingerprint density at radius 2 is 1.82 bits per heavy atom. The van der Waals surface area contributed by atoms with Crippen molar-refractivity contribution in [3.05, 3.63) is 35.5 Å². The Morgan fingerprint density at radius 3 is 2.41 bits per heavy atom. The van der Waals surface area contributed by atoms with E-state index in [1.54, 1.807) is 12.3 Å². The molecule has 1 aromatic carbocycles. The number of carbonyl (C=O) groups excluding carboxylic acids is 1. The molecular weight excluding hydrogens is 442 g/mol. The zero-order valence-electron chi connectivity index (χ0n) is 18.4. The number of nitriles is 1. The second-order valence-corrected chi connectivity index (χ2v) is 8.94. The van der Waals surface area contributed by atoms with Gasteiger partial charge in [0.25, 0.3) is 0 Å². The molecule has 0 aliphatic heterocycles. The van der Waals surface area contributed by atoms with E-state index >= 15 is 0 Å². The SMILES string of the molecule is N#Cc1cc(F)c(Nc2nc3cnc(NC4CCC4)nc3n2[C@H]2CC[C@@H](C(N)=O)CC2)c(F)c1. The number of nitrogens with zero attached hydrogens (tertiary/aromatic N) is 5. The van der Waals surface area contributed by atoms with Crippen molar-refractivity contribution in [2.45, 2.75) is 57.0 Å². The van der Waals surface area contributed by atoms with Gasteiger partial charge in [-0.25, -0.2) is 18.7 Å². The summed E-state index contributed by atoms with van der Waals surface area (Å²) >= 11 is 0. The number of hydrogen-bond acceptors (Lipinski definition) is 7. The molecule has 0 saturated heterocycles. The number of primary amides is 1. The first-order chi connectivity index (χ1) is 16.4. The Labute approximate surface area is 194 Å². The first-order valence-corrected chi connectivity index (χ1v) is 11.4. The summed E-state index contributed by atoms with van der Waals surface area (Å²) in [6.45, 7) is 0. The maximum atomic E-state index is 14.6.